The standard InChI is InChI=1S/C24H27ClFN3/c25-20-14-19-2-1-11-29-23(27-22(15-20)24(19)29)16-28-12-9-18(10-13-28)4-3-17-5-7-21(26)8-6-17/h5-8,14-15,18H,1-4,9-13,16H2. The van der Waals surface area contributed by atoms with E-state index in [0.29, 0.717) is 0 Å². The second-order valence-corrected chi connectivity index (χ2v) is 9.04. The van der Waals surface area contributed by atoms with Crippen LogP contribution in [0.1, 0.15) is 42.6 Å². The molecule has 29 heavy (non-hydrogen) atoms. The van der Waals surface area contributed by atoms with Gasteiger partial charge in [0.25, 0.3) is 0 Å². The predicted molar refractivity (Wildman–Crippen MR) is 116 cm³/mol. The lowest BCUT2D eigenvalue weighted by atomic mass is 9.90. The number of piperidine rings is 1. The second-order valence-electron chi connectivity index (χ2n) is 8.60. The van der Waals surface area contributed by atoms with E-state index in [1.54, 1.807) is 12.1 Å². The molecule has 0 aliphatic carbocycles. The van der Waals surface area contributed by atoms with Gasteiger partial charge < -0.3 is 4.57 Å². The molecule has 5 heteroatoms. The molecule has 2 aromatic carbocycles. The summed E-state index contributed by atoms with van der Waals surface area (Å²) < 4.78 is 15.5. The van der Waals surface area contributed by atoms with Gasteiger partial charge in [-0.15, -0.1) is 0 Å². The number of likely N-dealkylation sites (tertiary alicyclic amines) is 1. The van der Waals surface area contributed by atoms with Gasteiger partial charge in [-0.1, -0.05) is 23.7 Å². The van der Waals surface area contributed by atoms with E-state index in [2.05, 4.69) is 15.5 Å². The Labute approximate surface area is 176 Å². The normalized spacial score (nSPS) is 17.9. The first-order valence-corrected chi connectivity index (χ1v) is 11.2. The molecule has 5 rings (SSSR count). The van der Waals surface area contributed by atoms with Gasteiger partial charge >= 0.3 is 0 Å². The van der Waals surface area contributed by atoms with Crippen molar-refractivity contribution in [3.05, 3.63) is 64.2 Å². The molecule has 0 unspecified atom stereocenters. The zero-order valence-electron chi connectivity index (χ0n) is 16.7. The molecule has 0 bridgehead atoms. The van der Waals surface area contributed by atoms with Crippen LogP contribution in [0.15, 0.2) is 36.4 Å². The maximum atomic E-state index is 13.1. The monoisotopic (exact) mass is 411 g/mol. The van der Waals surface area contributed by atoms with Gasteiger partial charge in [-0.05, 0) is 92.9 Å². The molecule has 3 aromatic rings. The number of hydrogen-bond acceptors (Lipinski definition) is 2. The Morgan fingerprint density at radius 2 is 1.86 bits per heavy atom. The smallest absolute Gasteiger partial charge is 0.124 e. The minimum atomic E-state index is -0.151. The Morgan fingerprint density at radius 3 is 2.66 bits per heavy atom. The van der Waals surface area contributed by atoms with Gasteiger partial charge in [-0.3, -0.25) is 4.90 Å². The fourth-order valence-electron chi connectivity index (χ4n) is 5.00. The van der Waals surface area contributed by atoms with Crippen molar-refractivity contribution in [2.24, 2.45) is 5.92 Å². The Balaban J connectivity index is 1.20. The maximum absolute atomic E-state index is 13.1. The summed E-state index contributed by atoms with van der Waals surface area (Å²) in [6.07, 6.45) is 6.97. The molecule has 0 radical (unpaired) electrons. The van der Waals surface area contributed by atoms with Gasteiger partial charge in [0, 0.05) is 11.6 Å². The molecule has 1 saturated heterocycles. The Morgan fingerprint density at radius 1 is 1.07 bits per heavy atom. The largest absolute Gasteiger partial charge is 0.327 e. The van der Waals surface area contributed by atoms with Crippen LogP contribution in [0.25, 0.3) is 11.0 Å². The van der Waals surface area contributed by atoms with Crippen molar-refractivity contribution in [3.63, 3.8) is 0 Å². The minimum Gasteiger partial charge on any atom is -0.327 e. The molecule has 0 N–H and O–H groups in total. The summed E-state index contributed by atoms with van der Waals surface area (Å²) in [5.41, 5.74) is 4.93. The maximum Gasteiger partial charge on any atom is 0.124 e. The molecule has 1 fully saturated rings. The summed E-state index contributed by atoms with van der Waals surface area (Å²) in [7, 11) is 0. The molecule has 2 aliphatic rings. The zero-order valence-corrected chi connectivity index (χ0v) is 17.5. The molecule has 0 spiro atoms. The van der Waals surface area contributed by atoms with E-state index >= 15 is 0 Å². The number of imidazole rings is 1. The summed E-state index contributed by atoms with van der Waals surface area (Å²) in [5, 5.41) is 0.799. The third-order valence-corrected chi connectivity index (χ3v) is 6.84. The van der Waals surface area contributed by atoms with Gasteiger partial charge in [-0.25, -0.2) is 9.37 Å². The molecule has 0 amide bonds. The van der Waals surface area contributed by atoms with Crippen molar-refractivity contribution in [1.29, 1.82) is 0 Å². The lowest BCUT2D eigenvalue weighted by molar-refractivity contribution is 0.167. The van der Waals surface area contributed by atoms with Crippen LogP contribution in [0.2, 0.25) is 5.02 Å². The number of aryl methyl sites for hydroxylation is 3. The van der Waals surface area contributed by atoms with Crippen molar-refractivity contribution >= 4 is 22.6 Å². The molecular weight excluding hydrogens is 385 g/mol. The Kier molecular flexibility index (Phi) is 5.31. The highest BCUT2D eigenvalue weighted by atomic mass is 35.5. The number of benzene rings is 2. The quantitative estimate of drug-likeness (QED) is 0.543. The van der Waals surface area contributed by atoms with Crippen molar-refractivity contribution in [2.75, 3.05) is 13.1 Å². The molecule has 3 heterocycles. The third-order valence-electron chi connectivity index (χ3n) is 6.62. The molecule has 0 saturated carbocycles. The minimum absolute atomic E-state index is 0.151. The zero-order chi connectivity index (χ0) is 19.8. The Hall–Kier alpha value is -1.91. The first kappa shape index (κ1) is 19.1. The van der Waals surface area contributed by atoms with Gasteiger partial charge in [0.1, 0.15) is 11.6 Å². The first-order chi connectivity index (χ1) is 14.2. The van der Waals surface area contributed by atoms with Crippen LogP contribution in [-0.2, 0) is 25.9 Å². The highest BCUT2D eigenvalue weighted by Crippen LogP contribution is 2.31. The fraction of sp³-hybridized carbons (Fsp3) is 0.458. The van der Waals surface area contributed by atoms with E-state index < -0.39 is 0 Å². The van der Waals surface area contributed by atoms with Gasteiger partial charge in [0.05, 0.1) is 17.6 Å². The number of rotatable bonds is 5. The van der Waals surface area contributed by atoms with Crippen molar-refractivity contribution in [2.45, 2.75) is 51.6 Å². The van der Waals surface area contributed by atoms with Gasteiger partial charge in [-0.2, -0.15) is 0 Å². The topological polar surface area (TPSA) is 21.1 Å². The van der Waals surface area contributed by atoms with Crippen LogP contribution in [0.4, 0.5) is 4.39 Å². The molecule has 152 valence electrons. The second kappa shape index (κ2) is 8.08. The van der Waals surface area contributed by atoms with Crippen molar-refractivity contribution < 1.29 is 4.39 Å². The van der Waals surface area contributed by atoms with E-state index in [4.69, 9.17) is 16.6 Å². The highest BCUT2D eigenvalue weighted by Gasteiger charge is 2.23. The number of hydrogen-bond donors (Lipinski definition) is 0. The lowest BCUT2D eigenvalue weighted by Crippen LogP contribution is -2.34. The SMILES string of the molecule is Fc1ccc(CCC2CCN(Cc3nc4cc(Cl)cc5c4n3CCC5)CC2)cc1. The van der Waals surface area contributed by atoms with Crippen LogP contribution < -0.4 is 0 Å². The van der Waals surface area contributed by atoms with Crippen LogP contribution >= 0.6 is 11.6 Å². The lowest BCUT2D eigenvalue weighted by Gasteiger charge is -2.32. The van der Waals surface area contributed by atoms with E-state index in [0.717, 1.165) is 61.9 Å². The highest BCUT2D eigenvalue weighted by molar-refractivity contribution is 6.31. The average molecular weight is 412 g/mol. The van der Waals surface area contributed by atoms with Crippen LogP contribution in [0, 0.1) is 11.7 Å². The number of halogens is 2. The van der Waals surface area contributed by atoms with Gasteiger partial charge in [0.2, 0.25) is 0 Å². The average Bonchev–Trinajstić information content (AvgIpc) is 3.07. The summed E-state index contributed by atoms with van der Waals surface area (Å²) in [6.45, 7) is 4.25. The number of nitrogens with zero attached hydrogens (tertiary/aromatic N) is 3. The van der Waals surface area contributed by atoms with Crippen LogP contribution in [0.3, 0.4) is 0 Å². The third kappa shape index (κ3) is 4.06. The molecule has 0 atom stereocenters. The van der Waals surface area contributed by atoms with Crippen molar-refractivity contribution in [3.8, 4) is 0 Å². The first-order valence-electron chi connectivity index (χ1n) is 10.8. The van der Waals surface area contributed by atoms with E-state index in [1.165, 1.54) is 41.7 Å². The molecule has 1 aromatic heterocycles. The molecular formula is C24H27ClFN3. The van der Waals surface area contributed by atoms with Crippen LogP contribution in [0.5, 0.6) is 0 Å². The summed E-state index contributed by atoms with van der Waals surface area (Å²) in [4.78, 5) is 7.50. The predicted octanol–water partition coefficient (Wildman–Crippen LogP) is 5.62. The summed E-state index contributed by atoms with van der Waals surface area (Å²) >= 11 is 6.30. The summed E-state index contributed by atoms with van der Waals surface area (Å²) in [5.74, 6) is 1.80. The fourth-order valence-corrected chi connectivity index (χ4v) is 5.24. The molecule has 2 aliphatic heterocycles. The van der Waals surface area contributed by atoms with Crippen molar-refractivity contribution in [1.82, 2.24) is 14.5 Å². The van der Waals surface area contributed by atoms with E-state index in [1.807, 2.05) is 18.2 Å². The van der Waals surface area contributed by atoms with E-state index in [-0.39, 0.29) is 5.82 Å². The van der Waals surface area contributed by atoms with Crippen LogP contribution in [-0.4, -0.2) is 27.5 Å². The van der Waals surface area contributed by atoms with E-state index in [9.17, 15) is 4.39 Å². The summed E-state index contributed by atoms with van der Waals surface area (Å²) in [6, 6.07) is 11.1. The molecule has 3 nitrogen and oxygen atoms in total. The van der Waals surface area contributed by atoms with Gasteiger partial charge in [0.15, 0.2) is 0 Å². The number of aromatic nitrogens is 2. The Bertz CT molecular complexity index is 1000.